The Morgan fingerprint density at radius 1 is 1.37 bits per heavy atom. The SMILES string of the molecule is O=C(CNCC1CCSC1)Nc1c(Cl)cccc1Cl. The summed E-state index contributed by atoms with van der Waals surface area (Å²) in [7, 11) is 0. The van der Waals surface area contributed by atoms with Crippen LogP contribution in [0.3, 0.4) is 0 Å². The number of halogens is 2. The first-order valence-corrected chi connectivity index (χ1v) is 8.10. The van der Waals surface area contributed by atoms with Gasteiger partial charge in [0.05, 0.1) is 22.3 Å². The van der Waals surface area contributed by atoms with Crippen LogP contribution in [0.4, 0.5) is 5.69 Å². The zero-order valence-electron chi connectivity index (χ0n) is 10.4. The number of para-hydroxylation sites is 1. The monoisotopic (exact) mass is 318 g/mol. The van der Waals surface area contributed by atoms with E-state index in [4.69, 9.17) is 23.2 Å². The van der Waals surface area contributed by atoms with E-state index in [0.717, 1.165) is 6.54 Å². The predicted octanol–water partition coefficient (Wildman–Crippen LogP) is 3.27. The van der Waals surface area contributed by atoms with E-state index >= 15 is 0 Å². The third-order valence-electron chi connectivity index (χ3n) is 2.97. The van der Waals surface area contributed by atoms with Crippen LogP contribution in [0.5, 0.6) is 0 Å². The maximum atomic E-state index is 11.8. The molecule has 1 aromatic carbocycles. The van der Waals surface area contributed by atoms with Gasteiger partial charge in [-0.05, 0) is 42.5 Å². The van der Waals surface area contributed by atoms with Gasteiger partial charge >= 0.3 is 0 Å². The molecule has 6 heteroatoms. The molecule has 1 aliphatic heterocycles. The highest BCUT2D eigenvalue weighted by Gasteiger charge is 2.15. The van der Waals surface area contributed by atoms with Crippen LogP contribution >= 0.6 is 35.0 Å². The van der Waals surface area contributed by atoms with Gasteiger partial charge in [-0.3, -0.25) is 4.79 Å². The molecule has 1 fully saturated rings. The Bertz CT molecular complexity index is 430. The van der Waals surface area contributed by atoms with Gasteiger partial charge in [-0.1, -0.05) is 29.3 Å². The van der Waals surface area contributed by atoms with E-state index in [2.05, 4.69) is 10.6 Å². The second-order valence-corrected chi connectivity index (χ2v) is 6.47. The molecule has 1 atom stereocenters. The molecule has 0 aliphatic carbocycles. The van der Waals surface area contributed by atoms with Crippen LogP contribution in [0, 0.1) is 5.92 Å². The lowest BCUT2D eigenvalue weighted by Gasteiger charge is -2.11. The summed E-state index contributed by atoms with van der Waals surface area (Å²) in [5.41, 5.74) is 0.481. The normalized spacial score (nSPS) is 18.5. The fourth-order valence-corrected chi connectivity index (χ4v) is 3.71. The van der Waals surface area contributed by atoms with Gasteiger partial charge in [0, 0.05) is 0 Å². The molecule has 1 heterocycles. The summed E-state index contributed by atoms with van der Waals surface area (Å²) in [5, 5.41) is 6.81. The van der Waals surface area contributed by atoms with Crippen molar-refractivity contribution in [3.05, 3.63) is 28.2 Å². The number of rotatable bonds is 5. The maximum absolute atomic E-state index is 11.8. The molecule has 1 unspecified atom stereocenters. The largest absolute Gasteiger partial charge is 0.322 e. The molecule has 2 N–H and O–H groups in total. The first-order chi connectivity index (χ1) is 9.16. The summed E-state index contributed by atoms with van der Waals surface area (Å²) in [6.07, 6.45) is 1.23. The van der Waals surface area contributed by atoms with E-state index < -0.39 is 0 Å². The number of hydrogen-bond donors (Lipinski definition) is 2. The van der Waals surface area contributed by atoms with E-state index in [1.807, 2.05) is 11.8 Å². The zero-order valence-corrected chi connectivity index (χ0v) is 12.7. The van der Waals surface area contributed by atoms with E-state index in [1.54, 1.807) is 18.2 Å². The Balaban J connectivity index is 1.77. The van der Waals surface area contributed by atoms with E-state index in [0.29, 0.717) is 21.7 Å². The lowest BCUT2D eigenvalue weighted by Crippen LogP contribution is -2.31. The third kappa shape index (κ3) is 4.56. The quantitative estimate of drug-likeness (QED) is 0.875. The first-order valence-electron chi connectivity index (χ1n) is 6.19. The van der Waals surface area contributed by atoms with Crippen molar-refractivity contribution in [1.82, 2.24) is 5.32 Å². The minimum absolute atomic E-state index is 0.124. The number of amides is 1. The molecule has 0 bridgehead atoms. The third-order valence-corrected chi connectivity index (χ3v) is 4.83. The Kier molecular flexibility index (Phi) is 5.82. The first kappa shape index (κ1) is 15.0. The molecule has 1 amide bonds. The number of carbonyl (C=O) groups excluding carboxylic acids is 1. The second-order valence-electron chi connectivity index (χ2n) is 4.51. The molecule has 0 spiro atoms. The van der Waals surface area contributed by atoms with Crippen molar-refractivity contribution in [3.8, 4) is 0 Å². The van der Waals surface area contributed by atoms with E-state index in [1.165, 1.54) is 17.9 Å². The van der Waals surface area contributed by atoms with Crippen LogP contribution in [-0.2, 0) is 4.79 Å². The number of nitrogens with one attached hydrogen (secondary N) is 2. The minimum atomic E-state index is -0.124. The summed E-state index contributed by atoms with van der Waals surface area (Å²) in [5.74, 6) is 2.97. The van der Waals surface area contributed by atoms with Crippen LogP contribution in [-0.4, -0.2) is 30.5 Å². The topological polar surface area (TPSA) is 41.1 Å². The number of benzene rings is 1. The van der Waals surface area contributed by atoms with Crippen molar-refractivity contribution in [1.29, 1.82) is 0 Å². The molecule has 3 nitrogen and oxygen atoms in total. The summed E-state index contributed by atoms with van der Waals surface area (Å²) in [4.78, 5) is 11.8. The molecular weight excluding hydrogens is 303 g/mol. The number of carbonyl (C=O) groups is 1. The lowest BCUT2D eigenvalue weighted by molar-refractivity contribution is -0.115. The van der Waals surface area contributed by atoms with Crippen LogP contribution in [0.2, 0.25) is 10.0 Å². The Morgan fingerprint density at radius 3 is 2.74 bits per heavy atom. The van der Waals surface area contributed by atoms with Gasteiger partial charge in [0.15, 0.2) is 0 Å². The van der Waals surface area contributed by atoms with Crippen molar-refractivity contribution in [3.63, 3.8) is 0 Å². The van der Waals surface area contributed by atoms with Crippen LogP contribution in [0.25, 0.3) is 0 Å². The molecule has 2 rings (SSSR count). The van der Waals surface area contributed by atoms with Gasteiger partial charge in [-0.15, -0.1) is 0 Å². The highest BCUT2D eigenvalue weighted by molar-refractivity contribution is 7.99. The van der Waals surface area contributed by atoms with Crippen molar-refractivity contribution in [2.24, 2.45) is 5.92 Å². The standard InChI is InChI=1S/C13H16Cl2N2OS/c14-10-2-1-3-11(15)13(10)17-12(18)7-16-6-9-4-5-19-8-9/h1-3,9,16H,4-8H2,(H,17,18). The van der Waals surface area contributed by atoms with Gasteiger partial charge in [-0.25, -0.2) is 0 Å². The van der Waals surface area contributed by atoms with Gasteiger partial charge in [0.2, 0.25) is 5.91 Å². The van der Waals surface area contributed by atoms with Gasteiger partial charge in [0.25, 0.3) is 0 Å². The smallest absolute Gasteiger partial charge is 0.238 e. The molecule has 19 heavy (non-hydrogen) atoms. The molecule has 0 saturated carbocycles. The lowest BCUT2D eigenvalue weighted by atomic mass is 10.1. The molecular formula is C13H16Cl2N2OS. The highest BCUT2D eigenvalue weighted by atomic mass is 35.5. The molecule has 1 aromatic rings. The second kappa shape index (κ2) is 7.39. The molecule has 0 aromatic heterocycles. The summed E-state index contributed by atoms with van der Waals surface area (Å²) in [6, 6.07) is 5.15. The molecule has 104 valence electrons. The summed E-state index contributed by atoms with van der Waals surface area (Å²) in [6.45, 7) is 1.17. The average Bonchev–Trinajstić information content (AvgIpc) is 2.87. The highest BCUT2D eigenvalue weighted by Crippen LogP contribution is 2.29. The van der Waals surface area contributed by atoms with Crippen LogP contribution in [0.15, 0.2) is 18.2 Å². The summed E-state index contributed by atoms with van der Waals surface area (Å²) >= 11 is 13.9. The number of thioether (sulfide) groups is 1. The molecule has 0 radical (unpaired) electrons. The van der Waals surface area contributed by atoms with Gasteiger partial charge in [0.1, 0.15) is 0 Å². The Morgan fingerprint density at radius 2 is 2.11 bits per heavy atom. The van der Waals surface area contributed by atoms with Crippen molar-refractivity contribution in [2.75, 3.05) is 29.9 Å². The molecule has 1 aliphatic rings. The van der Waals surface area contributed by atoms with Crippen LogP contribution < -0.4 is 10.6 Å². The number of hydrogen-bond acceptors (Lipinski definition) is 3. The summed E-state index contributed by atoms with van der Waals surface area (Å²) < 4.78 is 0. The average molecular weight is 319 g/mol. The van der Waals surface area contributed by atoms with Crippen LogP contribution in [0.1, 0.15) is 6.42 Å². The van der Waals surface area contributed by atoms with Crippen molar-refractivity contribution >= 4 is 46.6 Å². The van der Waals surface area contributed by atoms with Crippen molar-refractivity contribution in [2.45, 2.75) is 6.42 Å². The zero-order chi connectivity index (χ0) is 13.7. The minimum Gasteiger partial charge on any atom is -0.322 e. The Labute approximate surface area is 127 Å². The van der Waals surface area contributed by atoms with Gasteiger partial charge in [-0.2, -0.15) is 11.8 Å². The Hall–Kier alpha value is -0.420. The molecule has 1 saturated heterocycles. The van der Waals surface area contributed by atoms with E-state index in [-0.39, 0.29) is 12.5 Å². The van der Waals surface area contributed by atoms with Gasteiger partial charge < -0.3 is 10.6 Å². The fraction of sp³-hybridized carbons (Fsp3) is 0.462. The van der Waals surface area contributed by atoms with Crippen molar-refractivity contribution < 1.29 is 4.79 Å². The fourth-order valence-electron chi connectivity index (χ4n) is 1.93. The van der Waals surface area contributed by atoms with E-state index in [9.17, 15) is 4.79 Å². The predicted molar refractivity (Wildman–Crippen MR) is 83.4 cm³/mol. The number of anilines is 1. The maximum Gasteiger partial charge on any atom is 0.238 e.